The number of carbonyl (C=O) groups excluding carboxylic acids is 1. The normalized spacial score (nSPS) is 14.2. The van der Waals surface area contributed by atoms with E-state index in [9.17, 15) is 14.7 Å². The molecule has 1 fully saturated rings. The first-order valence-corrected chi connectivity index (χ1v) is 15.1. The zero-order chi connectivity index (χ0) is 27.5. The molecule has 4 rings (SSSR count). The van der Waals surface area contributed by atoms with Crippen LogP contribution in [0.3, 0.4) is 0 Å². The molecule has 1 aromatic heterocycles. The number of amides is 1. The predicted molar refractivity (Wildman–Crippen MR) is 158 cm³/mol. The van der Waals surface area contributed by atoms with E-state index >= 15 is 0 Å². The Balaban J connectivity index is 1.21. The fourth-order valence-corrected chi connectivity index (χ4v) is 6.05. The van der Waals surface area contributed by atoms with Gasteiger partial charge in [0.1, 0.15) is 11.3 Å². The molecule has 39 heavy (non-hydrogen) atoms. The maximum absolute atomic E-state index is 13.1. The molecule has 3 N–H and O–H groups in total. The van der Waals surface area contributed by atoms with E-state index in [2.05, 4.69) is 15.2 Å². The molecule has 0 aliphatic carbocycles. The second-order valence-corrected chi connectivity index (χ2v) is 11.4. The van der Waals surface area contributed by atoms with E-state index in [1.165, 1.54) is 19.3 Å². The first-order chi connectivity index (χ1) is 19.0. The topological polar surface area (TPSA) is 97.9 Å². The van der Waals surface area contributed by atoms with Crippen LogP contribution in [0.4, 0.5) is 0 Å². The fraction of sp³-hybridized carbons (Fsp3) is 0.517. The summed E-state index contributed by atoms with van der Waals surface area (Å²) in [6, 6.07) is 11.2. The molecule has 2 aromatic carbocycles. The van der Waals surface area contributed by atoms with E-state index in [4.69, 9.17) is 16.3 Å². The quantitative estimate of drug-likeness (QED) is 0.237. The summed E-state index contributed by atoms with van der Waals surface area (Å²) in [5.74, 6) is 0.213. The van der Waals surface area contributed by atoms with Crippen molar-refractivity contribution in [3.8, 4) is 5.75 Å². The van der Waals surface area contributed by atoms with Gasteiger partial charge in [-0.05, 0) is 74.6 Å². The summed E-state index contributed by atoms with van der Waals surface area (Å²) in [6.45, 7) is 6.85. The van der Waals surface area contributed by atoms with Crippen molar-refractivity contribution < 1.29 is 14.6 Å². The summed E-state index contributed by atoms with van der Waals surface area (Å²) in [7, 11) is 0. The Morgan fingerprint density at radius 3 is 2.77 bits per heavy atom. The Kier molecular flexibility index (Phi) is 11.7. The monoisotopic (exact) mass is 574 g/mol. The molecular formula is C29H39ClN4O4S. The van der Waals surface area contributed by atoms with E-state index in [1.807, 2.05) is 35.2 Å². The number of benzene rings is 2. The van der Waals surface area contributed by atoms with Crippen LogP contribution in [0.2, 0.25) is 5.02 Å². The maximum atomic E-state index is 13.1. The number of hydrogen-bond donors (Lipinski definition) is 3. The van der Waals surface area contributed by atoms with Gasteiger partial charge in [0.25, 0.3) is 0 Å². The Labute approximate surface area is 238 Å². The Morgan fingerprint density at radius 2 is 1.95 bits per heavy atom. The van der Waals surface area contributed by atoms with Gasteiger partial charge in [-0.1, -0.05) is 47.6 Å². The number of likely N-dealkylation sites (tertiary alicyclic amines) is 1. The lowest BCUT2D eigenvalue weighted by atomic mass is 10.1. The number of nitrogens with zero attached hydrogens (tertiary/aromatic N) is 2. The number of aromatic hydroxyl groups is 1. The van der Waals surface area contributed by atoms with Crippen molar-refractivity contribution in [3.63, 3.8) is 0 Å². The standard InChI is InChI=1S/C29H39ClN4O4S/c30-24-6-4-5-22(21-24)10-19-38-20-11-26(36)34(18-17-33-14-2-1-3-15-33)16-13-31-12-9-23-7-8-25(35)27-28(23)39-29(37)32-27/h4-8,21,31,35H,1-3,9-20H2,(H,32,37). The average molecular weight is 575 g/mol. The second kappa shape index (κ2) is 15.4. The molecule has 3 aromatic rings. The highest BCUT2D eigenvalue weighted by Crippen LogP contribution is 2.27. The molecule has 0 bridgehead atoms. The van der Waals surface area contributed by atoms with Crippen molar-refractivity contribution in [1.29, 1.82) is 0 Å². The van der Waals surface area contributed by atoms with Crippen LogP contribution in [0, 0.1) is 0 Å². The summed E-state index contributed by atoms with van der Waals surface area (Å²) < 4.78 is 6.57. The highest BCUT2D eigenvalue weighted by Gasteiger charge is 2.17. The molecule has 0 radical (unpaired) electrons. The summed E-state index contributed by atoms with van der Waals surface area (Å²) in [4.78, 5) is 31.8. The second-order valence-electron chi connectivity index (χ2n) is 9.99. The van der Waals surface area contributed by atoms with E-state index in [0.717, 1.165) is 71.2 Å². The smallest absolute Gasteiger partial charge is 0.305 e. The summed E-state index contributed by atoms with van der Waals surface area (Å²) in [6.07, 6.45) is 5.62. The van der Waals surface area contributed by atoms with Crippen molar-refractivity contribution >= 4 is 39.1 Å². The minimum atomic E-state index is -0.169. The third-order valence-corrected chi connectivity index (χ3v) is 8.33. The van der Waals surface area contributed by atoms with Crippen LogP contribution in [0.1, 0.15) is 36.8 Å². The van der Waals surface area contributed by atoms with Gasteiger partial charge in [0.15, 0.2) is 0 Å². The highest BCUT2D eigenvalue weighted by molar-refractivity contribution is 7.16. The van der Waals surface area contributed by atoms with Gasteiger partial charge in [-0.15, -0.1) is 0 Å². The van der Waals surface area contributed by atoms with E-state index in [1.54, 1.807) is 6.07 Å². The van der Waals surface area contributed by atoms with Crippen molar-refractivity contribution in [2.24, 2.45) is 0 Å². The number of thiazole rings is 1. The van der Waals surface area contributed by atoms with Crippen LogP contribution in [0.5, 0.6) is 5.75 Å². The van der Waals surface area contributed by atoms with E-state index in [-0.39, 0.29) is 16.5 Å². The lowest BCUT2D eigenvalue weighted by Crippen LogP contribution is -2.43. The molecule has 1 saturated heterocycles. The number of hydrogen-bond acceptors (Lipinski definition) is 7. The van der Waals surface area contributed by atoms with Crippen LogP contribution in [0.15, 0.2) is 41.2 Å². The number of halogens is 1. The highest BCUT2D eigenvalue weighted by atomic mass is 35.5. The summed E-state index contributed by atoms with van der Waals surface area (Å²) >= 11 is 7.17. The fourth-order valence-electron chi connectivity index (χ4n) is 4.94. The zero-order valence-corrected chi connectivity index (χ0v) is 24.0. The molecule has 1 aliphatic heterocycles. The van der Waals surface area contributed by atoms with Crippen LogP contribution in [0.25, 0.3) is 10.2 Å². The number of rotatable bonds is 15. The van der Waals surface area contributed by atoms with Gasteiger partial charge in [-0.3, -0.25) is 9.59 Å². The zero-order valence-electron chi connectivity index (χ0n) is 22.4. The third-order valence-electron chi connectivity index (χ3n) is 7.14. The van der Waals surface area contributed by atoms with Gasteiger partial charge in [-0.2, -0.15) is 0 Å². The van der Waals surface area contributed by atoms with Crippen molar-refractivity contribution in [2.75, 3.05) is 59.0 Å². The number of carbonyl (C=O) groups is 1. The van der Waals surface area contributed by atoms with Crippen LogP contribution in [-0.2, 0) is 22.4 Å². The number of H-pyrrole nitrogens is 1. The minimum Gasteiger partial charge on any atom is -0.506 e. The Hall–Kier alpha value is -2.43. The number of phenolic OH excluding ortho intramolecular Hbond substituents is 1. The lowest BCUT2D eigenvalue weighted by Gasteiger charge is -2.30. The molecule has 2 heterocycles. The molecule has 0 atom stereocenters. The van der Waals surface area contributed by atoms with Crippen molar-refractivity contribution in [2.45, 2.75) is 38.5 Å². The molecule has 8 nitrogen and oxygen atoms in total. The van der Waals surface area contributed by atoms with Gasteiger partial charge in [0, 0.05) is 31.2 Å². The number of fused-ring (bicyclic) bond motifs is 1. The third kappa shape index (κ3) is 9.32. The van der Waals surface area contributed by atoms with E-state index in [0.29, 0.717) is 44.8 Å². The predicted octanol–water partition coefficient (Wildman–Crippen LogP) is 4.04. The first-order valence-electron chi connectivity index (χ1n) is 13.9. The van der Waals surface area contributed by atoms with Gasteiger partial charge < -0.3 is 29.9 Å². The van der Waals surface area contributed by atoms with Crippen molar-refractivity contribution in [1.82, 2.24) is 20.1 Å². The van der Waals surface area contributed by atoms with Gasteiger partial charge in [0.05, 0.1) is 24.3 Å². The van der Waals surface area contributed by atoms with Gasteiger partial charge >= 0.3 is 4.87 Å². The number of phenols is 1. The molecule has 1 aliphatic rings. The number of piperidine rings is 1. The lowest BCUT2D eigenvalue weighted by molar-refractivity contribution is -0.132. The van der Waals surface area contributed by atoms with E-state index < -0.39 is 0 Å². The summed E-state index contributed by atoms with van der Waals surface area (Å²) in [5.41, 5.74) is 2.65. The van der Waals surface area contributed by atoms with Crippen LogP contribution >= 0.6 is 22.9 Å². The number of nitrogens with one attached hydrogen (secondary N) is 2. The molecule has 0 unspecified atom stereocenters. The molecule has 10 heteroatoms. The van der Waals surface area contributed by atoms with Gasteiger partial charge in [0.2, 0.25) is 5.91 Å². The maximum Gasteiger partial charge on any atom is 0.305 e. The van der Waals surface area contributed by atoms with Crippen molar-refractivity contribution in [3.05, 3.63) is 62.2 Å². The molecule has 212 valence electrons. The van der Waals surface area contributed by atoms with Gasteiger partial charge in [-0.25, -0.2) is 0 Å². The molecule has 0 spiro atoms. The number of ether oxygens (including phenoxy) is 1. The van der Waals surface area contributed by atoms with Crippen LogP contribution < -0.4 is 10.2 Å². The Bertz CT molecular complexity index is 1260. The number of aromatic amines is 1. The average Bonchev–Trinajstić information content (AvgIpc) is 3.34. The largest absolute Gasteiger partial charge is 0.506 e. The molecular weight excluding hydrogens is 536 g/mol. The molecule has 0 saturated carbocycles. The van der Waals surface area contributed by atoms with Crippen LogP contribution in [-0.4, -0.2) is 84.8 Å². The summed E-state index contributed by atoms with van der Waals surface area (Å²) in [5, 5.41) is 14.2. The minimum absolute atomic E-state index is 0.0939. The Morgan fingerprint density at radius 1 is 1.10 bits per heavy atom. The molecule has 1 amide bonds. The number of aromatic nitrogens is 1. The SMILES string of the molecule is O=C(CCOCCc1cccc(Cl)c1)N(CCNCCc1ccc(O)c2[nH]c(=O)sc12)CCN1CCCCC1. The first kappa shape index (κ1) is 29.6.